The number of benzene rings is 2. The summed E-state index contributed by atoms with van der Waals surface area (Å²) < 4.78 is 108. The third-order valence-electron chi connectivity index (χ3n) is 5.67. The molecule has 0 fully saturated rings. The Hall–Kier alpha value is -4.71. The summed E-state index contributed by atoms with van der Waals surface area (Å²) in [5.74, 6) is -5.54. The molecule has 0 bridgehead atoms. The van der Waals surface area contributed by atoms with Gasteiger partial charge in [-0.2, -0.15) is 31.6 Å². The van der Waals surface area contributed by atoms with E-state index in [9.17, 15) is 54.8 Å². The van der Waals surface area contributed by atoms with Gasteiger partial charge in [0, 0.05) is 23.2 Å². The highest BCUT2D eigenvalue weighted by molar-refractivity contribution is 6.37. The van der Waals surface area contributed by atoms with Gasteiger partial charge in [0.1, 0.15) is 24.3 Å². The molecule has 0 unspecified atom stereocenters. The minimum absolute atomic E-state index is 0.0956. The molecule has 0 aliphatic heterocycles. The van der Waals surface area contributed by atoms with E-state index in [1.807, 2.05) is 5.32 Å². The van der Waals surface area contributed by atoms with Crippen LogP contribution in [-0.4, -0.2) is 27.0 Å². The molecule has 0 atom stereocenters. The molecule has 1 amide bonds. The standard InChI is InChI=1S/C26H15ClF8N4O3/c1-11(28)4-16(12(2)27)22(40)20-17(9-36)21-19(39(10-25(30,31)32)24(42)38(21)3)8-18(20)37-23(41)13-5-14(26(33,34)35)7-15(29)6-13/h4-8H,1-2,10H2,3H3,(H,37,41)/b16-4+. The SMILES string of the molecule is C=C(F)/C=C(\C(=C)Cl)C(=O)c1c(NC(=O)c2cc(F)cc(C(F)(F)F)c2)cc2c(c1C#N)n(C)c(=O)n2CC(F)(F)F. The Bertz CT molecular complexity index is 1810. The van der Waals surface area contributed by atoms with E-state index in [-0.39, 0.29) is 16.7 Å². The summed E-state index contributed by atoms with van der Waals surface area (Å²) in [6.07, 6.45) is -9.56. The van der Waals surface area contributed by atoms with Gasteiger partial charge in [-0.1, -0.05) is 24.8 Å². The number of allylic oxidation sites excluding steroid dienone is 4. The van der Waals surface area contributed by atoms with Crippen molar-refractivity contribution < 1.29 is 44.7 Å². The lowest BCUT2D eigenvalue weighted by molar-refractivity contribution is -0.140. The summed E-state index contributed by atoms with van der Waals surface area (Å²) in [5, 5.41) is 11.3. The van der Waals surface area contributed by atoms with Crippen molar-refractivity contribution in [3.8, 4) is 6.07 Å². The van der Waals surface area contributed by atoms with Crippen LogP contribution >= 0.6 is 11.6 Å². The van der Waals surface area contributed by atoms with Crippen LogP contribution in [0.2, 0.25) is 0 Å². The van der Waals surface area contributed by atoms with E-state index in [2.05, 4.69) is 13.2 Å². The number of ketones is 1. The number of anilines is 1. The third-order valence-corrected chi connectivity index (χ3v) is 5.88. The molecule has 220 valence electrons. The number of Topliss-reactive ketones (excluding diaryl/α,β-unsaturated/α-hetero) is 1. The van der Waals surface area contributed by atoms with Gasteiger partial charge in [0.15, 0.2) is 5.78 Å². The van der Waals surface area contributed by atoms with E-state index < -0.39 is 97.5 Å². The maximum absolute atomic E-state index is 14.0. The van der Waals surface area contributed by atoms with Crippen molar-refractivity contribution in [2.45, 2.75) is 18.9 Å². The largest absolute Gasteiger partial charge is 0.416 e. The lowest BCUT2D eigenvalue weighted by Gasteiger charge is -2.16. The number of amides is 1. The molecule has 3 aromatic rings. The molecule has 0 spiro atoms. The third kappa shape index (κ3) is 6.44. The van der Waals surface area contributed by atoms with Gasteiger partial charge in [-0.25, -0.2) is 13.6 Å². The second kappa shape index (κ2) is 11.3. The lowest BCUT2D eigenvalue weighted by atomic mass is 9.94. The summed E-state index contributed by atoms with van der Waals surface area (Å²) in [6.45, 7) is 4.36. The predicted octanol–water partition coefficient (Wildman–Crippen LogP) is 6.53. The van der Waals surface area contributed by atoms with E-state index in [1.54, 1.807) is 6.07 Å². The molecule has 16 heteroatoms. The second-order valence-electron chi connectivity index (χ2n) is 8.62. The Morgan fingerprint density at radius 3 is 2.24 bits per heavy atom. The van der Waals surface area contributed by atoms with Crippen molar-refractivity contribution in [3.63, 3.8) is 0 Å². The number of aryl methyl sites for hydroxylation is 1. The monoisotopic (exact) mass is 618 g/mol. The number of alkyl halides is 6. The molecule has 2 aromatic carbocycles. The smallest absolute Gasteiger partial charge is 0.321 e. The van der Waals surface area contributed by atoms with Crippen molar-refractivity contribution >= 4 is 40.0 Å². The maximum Gasteiger partial charge on any atom is 0.416 e. The number of hydrogen-bond donors (Lipinski definition) is 1. The van der Waals surface area contributed by atoms with Crippen molar-refractivity contribution in [1.29, 1.82) is 5.26 Å². The first-order chi connectivity index (χ1) is 19.3. The summed E-state index contributed by atoms with van der Waals surface area (Å²) >= 11 is 5.82. The molecule has 3 rings (SSSR count). The Balaban J connectivity index is 2.42. The number of fused-ring (bicyclic) bond motifs is 1. The summed E-state index contributed by atoms with van der Waals surface area (Å²) in [6, 6.07) is 2.98. The molecule has 0 aliphatic carbocycles. The quantitative estimate of drug-likeness (QED) is 0.141. The number of imidazole rings is 1. The number of halogens is 9. The van der Waals surface area contributed by atoms with Gasteiger partial charge in [0.05, 0.1) is 33.4 Å². The first-order valence-electron chi connectivity index (χ1n) is 11.1. The first kappa shape index (κ1) is 31.8. The van der Waals surface area contributed by atoms with Gasteiger partial charge in [-0.15, -0.1) is 0 Å². The van der Waals surface area contributed by atoms with Gasteiger partial charge in [0.25, 0.3) is 5.91 Å². The number of carbonyl (C=O) groups excluding carboxylic acids is 2. The fourth-order valence-corrected chi connectivity index (χ4v) is 4.14. The molecule has 1 aromatic heterocycles. The van der Waals surface area contributed by atoms with E-state index >= 15 is 0 Å². The minimum atomic E-state index is -5.09. The molecular weight excluding hydrogens is 604 g/mol. The van der Waals surface area contributed by atoms with Crippen LogP contribution in [0.1, 0.15) is 31.8 Å². The number of hydrogen-bond acceptors (Lipinski definition) is 4. The van der Waals surface area contributed by atoms with E-state index in [0.717, 1.165) is 7.05 Å². The van der Waals surface area contributed by atoms with Gasteiger partial charge in [-0.05, 0) is 30.3 Å². The van der Waals surface area contributed by atoms with Crippen LogP contribution in [0.5, 0.6) is 0 Å². The molecule has 1 heterocycles. The van der Waals surface area contributed by atoms with Crippen molar-refractivity contribution in [2.75, 3.05) is 5.32 Å². The topological polar surface area (TPSA) is 96.9 Å². The van der Waals surface area contributed by atoms with Crippen LogP contribution in [0.4, 0.5) is 40.8 Å². The van der Waals surface area contributed by atoms with Crippen molar-refractivity contribution in [2.24, 2.45) is 7.05 Å². The predicted molar refractivity (Wildman–Crippen MR) is 135 cm³/mol. The Labute approximate surface area is 235 Å². The zero-order chi connectivity index (χ0) is 31.9. The molecule has 1 N–H and O–H groups in total. The zero-order valence-corrected chi connectivity index (χ0v) is 21.7. The number of nitrogens with zero attached hydrogens (tertiary/aromatic N) is 3. The van der Waals surface area contributed by atoms with Crippen LogP contribution in [0.15, 0.2) is 64.7 Å². The van der Waals surface area contributed by atoms with Gasteiger partial charge >= 0.3 is 18.0 Å². The van der Waals surface area contributed by atoms with Crippen molar-refractivity contribution in [1.82, 2.24) is 9.13 Å². The fraction of sp³-hybridized carbons (Fsp3) is 0.154. The van der Waals surface area contributed by atoms with Crippen LogP contribution < -0.4 is 11.0 Å². The summed E-state index contributed by atoms with van der Waals surface area (Å²) in [5.41, 5.74) is -8.12. The van der Waals surface area contributed by atoms with Crippen LogP contribution in [0.25, 0.3) is 11.0 Å². The zero-order valence-electron chi connectivity index (χ0n) is 21.0. The highest BCUT2D eigenvalue weighted by Gasteiger charge is 2.34. The van der Waals surface area contributed by atoms with E-state index in [0.29, 0.717) is 22.8 Å². The van der Waals surface area contributed by atoms with Gasteiger partial charge < -0.3 is 5.32 Å². The van der Waals surface area contributed by atoms with E-state index in [1.165, 1.54) is 0 Å². The Morgan fingerprint density at radius 1 is 1.12 bits per heavy atom. The highest BCUT2D eigenvalue weighted by Crippen LogP contribution is 2.35. The number of carbonyl (C=O) groups is 2. The van der Waals surface area contributed by atoms with Crippen molar-refractivity contribution in [3.05, 3.63) is 98.5 Å². The Kier molecular flexibility index (Phi) is 8.55. The molecule has 0 aliphatic rings. The Morgan fingerprint density at radius 2 is 1.74 bits per heavy atom. The number of nitrogens with one attached hydrogen (secondary N) is 1. The second-order valence-corrected chi connectivity index (χ2v) is 9.07. The van der Waals surface area contributed by atoms with Crippen LogP contribution in [-0.2, 0) is 19.8 Å². The number of nitriles is 1. The molecule has 0 radical (unpaired) electrons. The van der Waals surface area contributed by atoms with Crippen LogP contribution in [0.3, 0.4) is 0 Å². The molecule has 0 saturated heterocycles. The normalized spacial score (nSPS) is 12.3. The lowest BCUT2D eigenvalue weighted by Crippen LogP contribution is -2.28. The highest BCUT2D eigenvalue weighted by atomic mass is 35.5. The van der Waals surface area contributed by atoms with Gasteiger partial charge in [0.2, 0.25) is 0 Å². The number of aromatic nitrogens is 2. The fourth-order valence-electron chi connectivity index (χ4n) is 4.00. The van der Waals surface area contributed by atoms with Gasteiger partial charge in [-0.3, -0.25) is 18.7 Å². The van der Waals surface area contributed by atoms with Crippen LogP contribution in [0, 0.1) is 17.1 Å². The average molecular weight is 619 g/mol. The number of rotatable bonds is 7. The average Bonchev–Trinajstić information content (AvgIpc) is 3.08. The molecule has 7 nitrogen and oxygen atoms in total. The van der Waals surface area contributed by atoms with E-state index in [4.69, 9.17) is 11.6 Å². The molecule has 42 heavy (non-hydrogen) atoms. The molecule has 0 saturated carbocycles. The summed E-state index contributed by atoms with van der Waals surface area (Å²) in [4.78, 5) is 39.3. The maximum atomic E-state index is 14.0. The minimum Gasteiger partial charge on any atom is -0.321 e. The molecular formula is C26H15ClF8N4O3. The first-order valence-corrected chi connectivity index (χ1v) is 11.5. The summed E-state index contributed by atoms with van der Waals surface area (Å²) in [7, 11) is 0.983.